The van der Waals surface area contributed by atoms with Crippen LogP contribution in [0, 0.1) is 5.41 Å². The Hall–Kier alpha value is -0.120. The molecule has 14 heavy (non-hydrogen) atoms. The van der Waals surface area contributed by atoms with E-state index < -0.39 is 0 Å². The summed E-state index contributed by atoms with van der Waals surface area (Å²) in [5, 5.41) is 0. The molecule has 3 heteroatoms. The van der Waals surface area contributed by atoms with Gasteiger partial charge in [-0.25, -0.2) is 0 Å². The minimum atomic E-state index is 0.0178. The lowest BCUT2D eigenvalue weighted by Crippen LogP contribution is -2.36. The van der Waals surface area contributed by atoms with Crippen molar-refractivity contribution in [3.05, 3.63) is 0 Å². The van der Waals surface area contributed by atoms with Gasteiger partial charge in [0.25, 0.3) is 0 Å². The van der Waals surface area contributed by atoms with Gasteiger partial charge in [0, 0.05) is 21.3 Å². The molecule has 0 spiro atoms. The Balaban J connectivity index is 4.21. The van der Waals surface area contributed by atoms with Gasteiger partial charge in [0.05, 0.1) is 12.7 Å². The second kappa shape index (κ2) is 6.38. The largest absolute Gasteiger partial charge is 0.382 e. The van der Waals surface area contributed by atoms with Crippen LogP contribution in [-0.4, -0.2) is 40.1 Å². The SMILES string of the molecule is COCC(OC)C(CC(C)(C)C)OC. The summed E-state index contributed by atoms with van der Waals surface area (Å²) in [6.07, 6.45) is 1.08. The number of rotatable bonds is 6. The normalized spacial score (nSPS) is 16.7. The smallest absolute Gasteiger partial charge is 0.106 e. The third-order valence-corrected chi connectivity index (χ3v) is 2.16. The highest BCUT2D eigenvalue weighted by molar-refractivity contribution is 4.76. The first-order valence-corrected chi connectivity index (χ1v) is 4.99. The monoisotopic (exact) mass is 204 g/mol. The van der Waals surface area contributed by atoms with Gasteiger partial charge in [-0.3, -0.25) is 0 Å². The molecule has 0 saturated carbocycles. The van der Waals surface area contributed by atoms with Crippen LogP contribution < -0.4 is 0 Å². The minimum absolute atomic E-state index is 0.0178. The third-order valence-electron chi connectivity index (χ3n) is 2.16. The molecule has 3 nitrogen and oxygen atoms in total. The molecule has 0 heterocycles. The Bertz CT molecular complexity index is 140. The standard InChI is InChI=1S/C11H24O3/c1-11(2,3)7-9(13-5)10(14-6)8-12-4/h9-10H,7-8H2,1-6H3. The zero-order valence-electron chi connectivity index (χ0n) is 10.3. The van der Waals surface area contributed by atoms with Crippen LogP contribution in [0.2, 0.25) is 0 Å². The van der Waals surface area contributed by atoms with E-state index in [2.05, 4.69) is 20.8 Å². The summed E-state index contributed by atoms with van der Waals surface area (Å²) >= 11 is 0. The number of ether oxygens (including phenoxy) is 3. The van der Waals surface area contributed by atoms with Crippen molar-refractivity contribution in [1.82, 2.24) is 0 Å². The molecule has 0 aromatic rings. The Labute approximate surface area is 87.7 Å². The van der Waals surface area contributed by atoms with Crippen LogP contribution >= 0.6 is 0 Å². The predicted octanol–water partition coefficient (Wildman–Crippen LogP) is 2.10. The molecule has 0 saturated heterocycles. The first-order valence-electron chi connectivity index (χ1n) is 4.99. The van der Waals surface area contributed by atoms with Gasteiger partial charge in [-0.15, -0.1) is 0 Å². The molecule has 0 rings (SSSR count). The van der Waals surface area contributed by atoms with E-state index in [4.69, 9.17) is 14.2 Å². The summed E-state index contributed by atoms with van der Waals surface area (Å²) in [5.41, 5.74) is 0.241. The molecule has 0 aliphatic heterocycles. The van der Waals surface area contributed by atoms with E-state index in [1.54, 1.807) is 21.3 Å². The topological polar surface area (TPSA) is 27.7 Å². The highest BCUT2D eigenvalue weighted by atomic mass is 16.6. The van der Waals surface area contributed by atoms with Crippen LogP contribution in [0.25, 0.3) is 0 Å². The summed E-state index contributed by atoms with van der Waals surface area (Å²) in [4.78, 5) is 0. The number of hydrogen-bond acceptors (Lipinski definition) is 3. The summed E-state index contributed by atoms with van der Waals surface area (Å²) in [6, 6.07) is 0. The van der Waals surface area contributed by atoms with Gasteiger partial charge in [-0.1, -0.05) is 20.8 Å². The molecule has 0 aromatic heterocycles. The van der Waals surface area contributed by atoms with Gasteiger partial charge in [-0.2, -0.15) is 0 Å². The van der Waals surface area contributed by atoms with E-state index in [1.165, 1.54) is 0 Å². The van der Waals surface area contributed by atoms with Crippen molar-refractivity contribution in [2.24, 2.45) is 5.41 Å². The lowest BCUT2D eigenvalue weighted by atomic mass is 9.87. The fraction of sp³-hybridized carbons (Fsp3) is 1.00. The lowest BCUT2D eigenvalue weighted by Gasteiger charge is -2.30. The molecular weight excluding hydrogens is 180 g/mol. The molecule has 86 valence electrons. The molecule has 0 aliphatic carbocycles. The van der Waals surface area contributed by atoms with Gasteiger partial charge >= 0.3 is 0 Å². The summed E-state index contributed by atoms with van der Waals surface area (Å²) < 4.78 is 15.9. The van der Waals surface area contributed by atoms with Crippen molar-refractivity contribution in [2.75, 3.05) is 27.9 Å². The Morgan fingerprint density at radius 1 is 0.929 bits per heavy atom. The molecular formula is C11H24O3. The first-order chi connectivity index (χ1) is 6.44. The van der Waals surface area contributed by atoms with E-state index in [0.717, 1.165) is 6.42 Å². The Kier molecular flexibility index (Phi) is 6.33. The molecule has 0 aromatic carbocycles. The fourth-order valence-electron chi connectivity index (χ4n) is 1.46. The average molecular weight is 204 g/mol. The zero-order chi connectivity index (χ0) is 11.2. The molecule has 0 bridgehead atoms. The van der Waals surface area contributed by atoms with Crippen LogP contribution in [0.5, 0.6) is 0 Å². The van der Waals surface area contributed by atoms with Crippen molar-refractivity contribution < 1.29 is 14.2 Å². The van der Waals surface area contributed by atoms with E-state index in [-0.39, 0.29) is 17.6 Å². The van der Waals surface area contributed by atoms with Crippen molar-refractivity contribution in [2.45, 2.75) is 39.4 Å². The molecule has 0 N–H and O–H groups in total. The second-order valence-corrected chi connectivity index (χ2v) is 4.77. The van der Waals surface area contributed by atoms with E-state index >= 15 is 0 Å². The molecule has 2 atom stereocenters. The Morgan fingerprint density at radius 2 is 1.43 bits per heavy atom. The number of hydrogen-bond donors (Lipinski definition) is 0. The van der Waals surface area contributed by atoms with Gasteiger partial charge in [0.1, 0.15) is 6.10 Å². The van der Waals surface area contributed by atoms with Gasteiger partial charge in [-0.05, 0) is 11.8 Å². The predicted molar refractivity (Wildman–Crippen MR) is 57.5 cm³/mol. The summed E-state index contributed by atoms with van der Waals surface area (Å²) in [7, 11) is 5.09. The zero-order valence-corrected chi connectivity index (χ0v) is 10.3. The van der Waals surface area contributed by atoms with Crippen molar-refractivity contribution in [1.29, 1.82) is 0 Å². The highest BCUT2D eigenvalue weighted by Crippen LogP contribution is 2.24. The van der Waals surface area contributed by atoms with E-state index in [9.17, 15) is 0 Å². The van der Waals surface area contributed by atoms with E-state index in [1.807, 2.05) is 0 Å². The maximum atomic E-state index is 5.43. The number of methoxy groups -OCH3 is 3. The summed E-state index contributed by atoms with van der Waals surface area (Å²) in [6.45, 7) is 7.15. The molecule has 0 aliphatic rings. The second-order valence-electron chi connectivity index (χ2n) is 4.77. The fourth-order valence-corrected chi connectivity index (χ4v) is 1.46. The first kappa shape index (κ1) is 13.9. The molecule has 0 amide bonds. The van der Waals surface area contributed by atoms with E-state index in [0.29, 0.717) is 6.61 Å². The van der Waals surface area contributed by atoms with Crippen LogP contribution in [0.3, 0.4) is 0 Å². The molecule has 0 radical (unpaired) electrons. The van der Waals surface area contributed by atoms with Crippen molar-refractivity contribution in [3.63, 3.8) is 0 Å². The average Bonchev–Trinajstić information content (AvgIpc) is 2.09. The Morgan fingerprint density at radius 3 is 1.71 bits per heavy atom. The maximum absolute atomic E-state index is 5.43. The molecule has 2 unspecified atom stereocenters. The lowest BCUT2D eigenvalue weighted by molar-refractivity contribution is -0.0804. The van der Waals surface area contributed by atoms with Crippen LogP contribution in [0.1, 0.15) is 27.2 Å². The summed E-state index contributed by atoms with van der Waals surface area (Å²) in [5.74, 6) is 0. The van der Waals surface area contributed by atoms with Gasteiger partial charge < -0.3 is 14.2 Å². The third kappa shape index (κ3) is 5.58. The minimum Gasteiger partial charge on any atom is -0.382 e. The quantitative estimate of drug-likeness (QED) is 0.663. The van der Waals surface area contributed by atoms with Crippen molar-refractivity contribution >= 4 is 0 Å². The van der Waals surface area contributed by atoms with Gasteiger partial charge in [0.2, 0.25) is 0 Å². The maximum Gasteiger partial charge on any atom is 0.106 e. The van der Waals surface area contributed by atoms with Gasteiger partial charge in [0.15, 0.2) is 0 Å². The van der Waals surface area contributed by atoms with Crippen LogP contribution in [0.4, 0.5) is 0 Å². The van der Waals surface area contributed by atoms with Crippen LogP contribution in [0.15, 0.2) is 0 Å². The van der Waals surface area contributed by atoms with Crippen LogP contribution in [-0.2, 0) is 14.2 Å². The molecule has 0 fully saturated rings. The van der Waals surface area contributed by atoms with Crippen molar-refractivity contribution in [3.8, 4) is 0 Å². The highest BCUT2D eigenvalue weighted by Gasteiger charge is 2.26.